The fraction of sp³-hybridized carbons (Fsp3) is 0.0476. The van der Waals surface area contributed by atoms with Crippen molar-refractivity contribution in [3.05, 3.63) is 84.2 Å². The average Bonchev–Trinajstić information content (AvgIpc) is 2.68. The van der Waals surface area contributed by atoms with Crippen LogP contribution in [0.1, 0.15) is 16.1 Å². The highest BCUT2D eigenvalue weighted by atomic mass is 16.1. The van der Waals surface area contributed by atoms with Crippen LogP contribution in [0, 0.1) is 6.92 Å². The van der Waals surface area contributed by atoms with Gasteiger partial charge in [-0.1, -0.05) is 30.3 Å². The predicted molar refractivity (Wildman–Crippen MR) is 102 cm³/mol. The van der Waals surface area contributed by atoms with Gasteiger partial charge in [-0.15, -0.1) is 0 Å². The van der Waals surface area contributed by atoms with E-state index in [4.69, 9.17) is 0 Å². The zero-order chi connectivity index (χ0) is 17.9. The van der Waals surface area contributed by atoms with E-state index in [-0.39, 0.29) is 5.91 Å². The topological polar surface area (TPSA) is 67.8 Å². The predicted octanol–water partition coefficient (Wildman–Crippen LogP) is 4.25. The molecular formula is C21H16N4O. The molecule has 126 valence electrons. The second kappa shape index (κ2) is 6.72. The number of fused-ring (bicyclic) bond motifs is 1. The van der Waals surface area contributed by atoms with Crippen LogP contribution in [-0.4, -0.2) is 20.9 Å². The number of anilines is 1. The maximum absolute atomic E-state index is 12.9. The highest BCUT2D eigenvalue weighted by Gasteiger charge is 2.15. The number of aromatic nitrogens is 3. The molecule has 1 aromatic carbocycles. The number of benzene rings is 1. The number of nitrogens with one attached hydrogen (secondary N) is 1. The molecule has 0 saturated carbocycles. The Morgan fingerprint density at radius 3 is 2.54 bits per heavy atom. The summed E-state index contributed by atoms with van der Waals surface area (Å²) < 4.78 is 0. The van der Waals surface area contributed by atoms with E-state index in [9.17, 15) is 4.79 Å². The molecule has 0 radical (unpaired) electrons. The van der Waals surface area contributed by atoms with Gasteiger partial charge in [-0.3, -0.25) is 9.78 Å². The van der Waals surface area contributed by atoms with Gasteiger partial charge in [0.05, 0.1) is 22.5 Å². The molecule has 0 unspecified atom stereocenters. The van der Waals surface area contributed by atoms with Gasteiger partial charge in [0, 0.05) is 17.3 Å². The molecular weight excluding hydrogens is 324 g/mol. The lowest BCUT2D eigenvalue weighted by molar-refractivity contribution is 0.102. The van der Waals surface area contributed by atoms with E-state index in [1.165, 1.54) is 0 Å². The second-order valence-electron chi connectivity index (χ2n) is 5.91. The lowest BCUT2D eigenvalue weighted by Crippen LogP contribution is -2.14. The van der Waals surface area contributed by atoms with Crippen molar-refractivity contribution in [2.24, 2.45) is 0 Å². The Bertz CT molecular complexity index is 1090. The Balaban J connectivity index is 1.81. The van der Waals surface area contributed by atoms with Crippen LogP contribution in [-0.2, 0) is 0 Å². The molecule has 0 aliphatic carbocycles. The molecule has 5 heteroatoms. The SMILES string of the molecule is Cc1cccc(NC(=O)c2cc(-c3ccccn3)nc3ccccc23)n1. The Hall–Kier alpha value is -3.60. The summed E-state index contributed by atoms with van der Waals surface area (Å²) >= 11 is 0. The smallest absolute Gasteiger partial charge is 0.257 e. The second-order valence-corrected chi connectivity index (χ2v) is 5.91. The molecule has 0 atom stereocenters. The highest BCUT2D eigenvalue weighted by Crippen LogP contribution is 2.24. The lowest BCUT2D eigenvalue weighted by atomic mass is 10.1. The van der Waals surface area contributed by atoms with Crippen molar-refractivity contribution in [3.8, 4) is 11.4 Å². The molecule has 0 spiro atoms. The van der Waals surface area contributed by atoms with Crippen molar-refractivity contribution >= 4 is 22.6 Å². The van der Waals surface area contributed by atoms with Crippen LogP contribution in [0.4, 0.5) is 5.82 Å². The fourth-order valence-electron chi connectivity index (χ4n) is 2.81. The molecule has 5 nitrogen and oxygen atoms in total. The molecule has 0 aliphatic heterocycles. The average molecular weight is 340 g/mol. The van der Waals surface area contributed by atoms with Crippen LogP contribution in [0.15, 0.2) is 72.9 Å². The quantitative estimate of drug-likeness (QED) is 0.605. The maximum Gasteiger partial charge on any atom is 0.257 e. The molecule has 1 N–H and O–H groups in total. The summed E-state index contributed by atoms with van der Waals surface area (Å²) in [6.45, 7) is 1.89. The minimum atomic E-state index is -0.223. The van der Waals surface area contributed by atoms with E-state index in [1.807, 2.05) is 61.5 Å². The van der Waals surface area contributed by atoms with Crippen molar-refractivity contribution in [2.45, 2.75) is 6.92 Å². The first-order chi connectivity index (χ1) is 12.7. The number of aryl methyl sites for hydroxylation is 1. The fourth-order valence-corrected chi connectivity index (χ4v) is 2.81. The summed E-state index contributed by atoms with van der Waals surface area (Å²) in [5.74, 6) is 0.300. The van der Waals surface area contributed by atoms with E-state index < -0.39 is 0 Å². The van der Waals surface area contributed by atoms with Crippen LogP contribution in [0.5, 0.6) is 0 Å². The molecule has 0 bridgehead atoms. The van der Waals surface area contributed by atoms with Gasteiger partial charge in [-0.2, -0.15) is 0 Å². The van der Waals surface area contributed by atoms with E-state index in [0.717, 1.165) is 22.3 Å². The number of hydrogen-bond donors (Lipinski definition) is 1. The highest BCUT2D eigenvalue weighted by molar-refractivity contribution is 6.12. The third kappa shape index (κ3) is 3.15. The largest absolute Gasteiger partial charge is 0.307 e. The summed E-state index contributed by atoms with van der Waals surface area (Å²) in [6, 6.07) is 20.5. The van der Waals surface area contributed by atoms with Crippen LogP contribution in [0.3, 0.4) is 0 Å². The summed E-state index contributed by atoms with van der Waals surface area (Å²) in [6.07, 6.45) is 1.71. The normalized spacial score (nSPS) is 10.7. The molecule has 4 rings (SSSR count). The van der Waals surface area contributed by atoms with Gasteiger partial charge in [0.25, 0.3) is 5.91 Å². The third-order valence-corrected chi connectivity index (χ3v) is 4.02. The van der Waals surface area contributed by atoms with E-state index in [1.54, 1.807) is 18.3 Å². The zero-order valence-electron chi connectivity index (χ0n) is 14.2. The first kappa shape index (κ1) is 15.9. The first-order valence-electron chi connectivity index (χ1n) is 8.27. The molecule has 1 amide bonds. The van der Waals surface area contributed by atoms with Crippen LogP contribution < -0.4 is 5.32 Å². The Morgan fingerprint density at radius 2 is 1.73 bits per heavy atom. The van der Waals surface area contributed by atoms with Crippen molar-refractivity contribution in [2.75, 3.05) is 5.32 Å². The van der Waals surface area contributed by atoms with Crippen molar-refractivity contribution in [1.29, 1.82) is 0 Å². The number of carbonyl (C=O) groups is 1. The molecule has 0 aliphatic rings. The molecule has 26 heavy (non-hydrogen) atoms. The number of carbonyl (C=O) groups excluding carboxylic acids is 1. The van der Waals surface area contributed by atoms with Crippen molar-refractivity contribution in [1.82, 2.24) is 15.0 Å². The Kier molecular flexibility index (Phi) is 4.11. The first-order valence-corrected chi connectivity index (χ1v) is 8.27. The zero-order valence-corrected chi connectivity index (χ0v) is 14.2. The minimum absolute atomic E-state index is 0.223. The standard InChI is InChI=1S/C21H16N4O/c1-14-7-6-11-20(23-14)25-21(26)16-13-19(18-10-4-5-12-22-18)24-17-9-3-2-8-15(16)17/h2-13H,1H3,(H,23,25,26). The number of amides is 1. The monoisotopic (exact) mass is 340 g/mol. The Labute approximate surface area is 150 Å². The molecule has 4 aromatic rings. The van der Waals surface area contributed by atoms with Gasteiger partial charge >= 0.3 is 0 Å². The number of rotatable bonds is 3. The van der Waals surface area contributed by atoms with Gasteiger partial charge in [0.2, 0.25) is 0 Å². The molecule has 3 aromatic heterocycles. The number of pyridine rings is 3. The summed E-state index contributed by atoms with van der Waals surface area (Å²) in [5.41, 5.74) is 3.52. The summed E-state index contributed by atoms with van der Waals surface area (Å²) in [4.78, 5) is 26.3. The van der Waals surface area contributed by atoms with Crippen LogP contribution in [0.2, 0.25) is 0 Å². The minimum Gasteiger partial charge on any atom is -0.307 e. The lowest BCUT2D eigenvalue weighted by Gasteiger charge is -2.10. The maximum atomic E-state index is 12.9. The number of para-hydroxylation sites is 1. The van der Waals surface area contributed by atoms with Gasteiger partial charge in [0.15, 0.2) is 0 Å². The van der Waals surface area contributed by atoms with Crippen LogP contribution in [0.25, 0.3) is 22.3 Å². The number of hydrogen-bond acceptors (Lipinski definition) is 4. The van der Waals surface area contributed by atoms with Crippen molar-refractivity contribution < 1.29 is 4.79 Å². The summed E-state index contributed by atoms with van der Waals surface area (Å²) in [5, 5.41) is 3.66. The van der Waals surface area contributed by atoms with E-state index in [0.29, 0.717) is 17.1 Å². The van der Waals surface area contributed by atoms with Gasteiger partial charge in [-0.05, 0) is 43.3 Å². The van der Waals surface area contributed by atoms with Crippen molar-refractivity contribution in [3.63, 3.8) is 0 Å². The molecule has 3 heterocycles. The number of nitrogens with zero attached hydrogens (tertiary/aromatic N) is 3. The summed E-state index contributed by atoms with van der Waals surface area (Å²) in [7, 11) is 0. The van der Waals surface area contributed by atoms with E-state index >= 15 is 0 Å². The molecule has 0 saturated heterocycles. The van der Waals surface area contributed by atoms with E-state index in [2.05, 4.69) is 20.3 Å². The third-order valence-electron chi connectivity index (χ3n) is 4.02. The Morgan fingerprint density at radius 1 is 0.885 bits per heavy atom. The molecule has 0 fully saturated rings. The van der Waals surface area contributed by atoms with Crippen LogP contribution >= 0.6 is 0 Å². The van der Waals surface area contributed by atoms with Gasteiger partial charge in [0.1, 0.15) is 5.82 Å². The van der Waals surface area contributed by atoms with Gasteiger partial charge in [-0.25, -0.2) is 9.97 Å². The van der Waals surface area contributed by atoms with Gasteiger partial charge < -0.3 is 5.32 Å².